The Morgan fingerprint density at radius 3 is 1.26 bits per heavy atom. The number of rotatable bonds is 12. The summed E-state index contributed by atoms with van der Waals surface area (Å²) in [5.41, 5.74) is 0. The lowest BCUT2D eigenvalue weighted by atomic mass is 10.1. The van der Waals surface area contributed by atoms with E-state index in [1.54, 1.807) is 0 Å². The van der Waals surface area contributed by atoms with Gasteiger partial charge in [0.05, 0.1) is 13.2 Å². The summed E-state index contributed by atoms with van der Waals surface area (Å²) in [6.07, 6.45) is 6.72. The van der Waals surface area contributed by atoms with Gasteiger partial charge in [-0.2, -0.15) is 0 Å². The monoisotopic (exact) mass is 384 g/mol. The van der Waals surface area contributed by atoms with Crippen LogP contribution in [0.15, 0.2) is 36.4 Å². The Morgan fingerprint density at radius 2 is 0.889 bits per heavy atom. The van der Waals surface area contributed by atoms with Gasteiger partial charge >= 0.3 is 0 Å². The van der Waals surface area contributed by atoms with Crippen LogP contribution in [-0.2, 0) is 0 Å². The zero-order valence-electron chi connectivity index (χ0n) is 15.2. The Morgan fingerprint density at radius 1 is 0.519 bits per heavy atom. The fourth-order valence-corrected chi connectivity index (χ4v) is 2.64. The van der Waals surface area contributed by atoms with Gasteiger partial charge in [0.1, 0.15) is 11.6 Å². The molecular weight excluding hydrogens is 360 g/mol. The smallest absolute Gasteiger partial charge is 0.167 e. The Bertz CT molecular complexity index is 647. The van der Waals surface area contributed by atoms with Gasteiger partial charge in [0, 0.05) is 12.1 Å². The minimum Gasteiger partial charge on any atom is -0.491 e. The van der Waals surface area contributed by atoms with Gasteiger partial charge in [-0.05, 0) is 37.1 Å². The Balaban J connectivity index is 1.43. The molecule has 0 aromatic heterocycles. The van der Waals surface area contributed by atoms with Crippen molar-refractivity contribution in [3.05, 3.63) is 59.7 Å². The van der Waals surface area contributed by atoms with E-state index in [4.69, 9.17) is 9.47 Å². The topological polar surface area (TPSA) is 18.5 Å². The Hall–Kier alpha value is -2.24. The molecule has 0 spiro atoms. The van der Waals surface area contributed by atoms with E-state index in [2.05, 4.69) is 0 Å². The summed E-state index contributed by atoms with van der Waals surface area (Å²) >= 11 is 0. The van der Waals surface area contributed by atoms with Gasteiger partial charge in [-0.3, -0.25) is 0 Å². The van der Waals surface area contributed by atoms with E-state index in [1.807, 2.05) is 0 Å². The maximum absolute atomic E-state index is 13.4. The molecule has 0 saturated heterocycles. The minimum absolute atomic E-state index is 0.0778. The molecule has 0 heterocycles. The number of unbranched alkanes of at least 4 members (excludes halogenated alkanes) is 6. The Kier molecular flexibility index (Phi) is 8.95. The third-order valence-corrected chi connectivity index (χ3v) is 4.09. The van der Waals surface area contributed by atoms with Gasteiger partial charge in [0.2, 0.25) is 0 Å². The van der Waals surface area contributed by atoms with E-state index >= 15 is 0 Å². The number of hydrogen-bond donors (Lipinski definition) is 0. The van der Waals surface area contributed by atoms with Crippen LogP contribution in [0.3, 0.4) is 0 Å². The van der Waals surface area contributed by atoms with Crippen molar-refractivity contribution in [3.63, 3.8) is 0 Å². The molecule has 0 aliphatic carbocycles. The van der Waals surface area contributed by atoms with Gasteiger partial charge in [0.15, 0.2) is 23.1 Å². The Labute approximate surface area is 157 Å². The average molecular weight is 384 g/mol. The standard InChI is InChI=1S/C21H24F4O2/c22-16-8-10-20(18(24)14-16)26-12-6-4-2-1-3-5-7-13-27-21-11-9-17(23)15-19(21)25/h8-11,14-15H,1-7,12-13H2. The fourth-order valence-electron chi connectivity index (χ4n) is 2.64. The van der Waals surface area contributed by atoms with E-state index in [0.717, 1.165) is 57.1 Å². The number of halogens is 4. The minimum atomic E-state index is -0.683. The summed E-state index contributed by atoms with van der Waals surface area (Å²) in [7, 11) is 0. The van der Waals surface area contributed by atoms with Crippen LogP contribution in [0.5, 0.6) is 11.5 Å². The van der Waals surface area contributed by atoms with Gasteiger partial charge in [-0.25, -0.2) is 17.6 Å². The molecule has 0 N–H and O–H groups in total. The van der Waals surface area contributed by atoms with Crippen molar-refractivity contribution in [2.75, 3.05) is 13.2 Å². The highest BCUT2D eigenvalue weighted by atomic mass is 19.1. The SMILES string of the molecule is Fc1ccc(OCCCCCCCCCOc2ccc(F)cc2F)c(F)c1. The summed E-state index contributed by atoms with van der Waals surface area (Å²) in [4.78, 5) is 0. The zero-order valence-corrected chi connectivity index (χ0v) is 15.2. The van der Waals surface area contributed by atoms with Crippen molar-refractivity contribution in [2.24, 2.45) is 0 Å². The molecule has 0 amide bonds. The second-order valence-electron chi connectivity index (χ2n) is 6.32. The molecule has 0 fully saturated rings. The molecule has 0 bridgehead atoms. The summed E-state index contributed by atoms with van der Waals surface area (Å²) in [5, 5.41) is 0. The average Bonchev–Trinajstić information content (AvgIpc) is 2.62. The van der Waals surface area contributed by atoms with E-state index in [0.29, 0.717) is 13.2 Å². The van der Waals surface area contributed by atoms with Crippen molar-refractivity contribution in [1.82, 2.24) is 0 Å². The highest BCUT2D eigenvalue weighted by Crippen LogP contribution is 2.19. The largest absolute Gasteiger partial charge is 0.491 e. The van der Waals surface area contributed by atoms with E-state index < -0.39 is 23.3 Å². The number of benzene rings is 2. The first-order chi connectivity index (χ1) is 13.1. The van der Waals surface area contributed by atoms with Crippen LogP contribution in [0.2, 0.25) is 0 Å². The van der Waals surface area contributed by atoms with E-state index in [9.17, 15) is 17.6 Å². The van der Waals surface area contributed by atoms with Crippen molar-refractivity contribution in [2.45, 2.75) is 44.9 Å². The first-order valence-corrected chi connectivity index (χ1v) is 9.22. The summed E-state index contributed by atoms with van der Waals surface area (Å²) in [6, 6.07) is 6.56. The van der Waals surface area contributed by atoms with Crippen molar-refractivity contribution in [1.29, 1.82) is 0 Å². The van der Waals surface area contributed by atoms with Gasteiger partial charge in [0.25, 0.3) is 0 Å². The van der Waals surface area contributed by atoms with Gasteiger partial charge in [-0.15, -0.1) is 0 Å². The van der Waals surface area contributed by atoms with Crippen LogP contribution in [0.1, 0.15) is 44.9 Å². The first-order valence-electron chi connectivity index (χ1n) is 9.22. The molecule has 27 heavy (non-hydrogen) atoms. The van der Waals surface area contributed by atoms with Crippen molar-refractivity contribution >= 4 is 0 Å². The van der Waals surface area contributed by atoms with Crippen LogP contribution in [0.25, 0.3) is 0 Å². The van der Waals surface area contributed by atoms with Crippen molar-refractivity contribution < 1.29 is 27.0 Å². The molecule has 0 saturated carbocycles. The van der Waals surface area contributed by atoms with Crippen LogP contribution in [-0.4, -0.2) is 13.2 Å². The lowest BCUT2D eigenvalue weighted by Gasteiger charge is -2.08. The molecule has 0 aliphatic rings. The van der Waals surface area contributed by atoms with Crippen LogP contribution < -0.4 is 9.47 Å². The molecule has 148 valence electrons. The zero-order chi connectivity index (χ0) is 19.5. The predicted octanol–water partition coefficient (Wildman–Crippen LogP) is 6.43. The quantitative estimate of drug-likeness (QED) is 0.310. The van der Waals surface area contributed by atoms with E-state index in [-0.39, 0.29) is 11.5 Å². The molecule has 6 heteroatoms. The number of hydrogen-bond acceptors (Lipinski definition) is 2. The third-order valence-electron chi connectivity index (χ3n) is 4.09. The highest BCUT2D eigenvalue weighted by molar-refractivity contribution is 5.25. The predicted molar refractivity (Wildman–Crippen MR) is 96.0 cm³/mol. The molecule has 0 unspecified atom stereocenters. The van der Waals surface area contributed by atoms with Gasteiger partial charge < -0.3 is 9.47 Å². The maximum atomic E-state index is 13.4. The summed E-state index contributed by atoms with van der Waals surface area (Å²) in [5.74, 6) is -2.44. The molecule has 2 aromatic rings. The normalized spacial score (nSPS) is 10.8. The van der Waals surface area contributed by atoms with E-state index in [1.165, 1.54) is 24.3 Å². The number of ether oxygens (including phenoxy) is 2. The molecule has 2 aromatic carbocycles. The summed E-state index contributed by atoms with van der Waals surface area (Å²) < 4.78 is 62.9. The fraction of sp³-hybridized carbons (Fsp3) is 0.429. The molecule has 0 radical (unpaired) electrons. The second-order valence-corrected chi connectivity index (χ2v) is 6.32. The molecule has 0 aliphatic heterocycles. The molecule has 2 rings (SSSR count). The lowest BCUT2D eigenvalue weighted by molar-refractivity contribution is 0.285. The second kappa shape index (κ2) is 11.5. The lowest BCUT2D eigenvalue weighted by Crippen LogP contribution is -2.00. The highest BCUT2D eigenvalue weighted by Gasteiger charge is 2.05. The molecule has 0 atom stereocenters. The third kappa shape index (κ3) is 7.89. The van der Waals surface area contributed by atoms with Crippen LogP contribution in [0, 0.1) is 23.3 Å². The van der Waals surface area contributed by atoms with Crippen LogP contribution in [0.4, 0.5) is 17.6 Å². The maximum Gasteiger partial charge on any atom is 0.167 e. The first kappa shape index (κ1) is 21.1. The molecular formula is C21H24F4O2. The van der Waals surface area contributed by atoms with Gasteiger partial charge in [-0.1, -0.05) is 32.1 Å². The van der Waals surface area contributed by atoms with Crippen molar-refractivity contribution in [3.8, 4) is 11.5 Å². The summed E-state index contributed by atoms with van der Waals surface area (Å²) in [6.45, 7) is 0.805. The van der Waals surface area contributed by atoms with Crippen LogP contribution >= 0.6 is 0 Å². The molecule has 2 nitrogen and oxygen atoms in total.